The average Bonchev–Trinajstić information content (AvgIpc) is 2.64. The van der Waals surface area contributed by atoms with Gasteiger partial charge in [0.15, 0.2) is 16.6 Å². The van der Waals surface area contributed by atoms with Crippen molar-refractivity contribution in [3.63, 3.8) is 0 Å². The predicted octanol–water partition coefficient (Wildman–Crippen LogP) is 8.51. The van der Waals surface area contributed by atoms with Crippen LogP contribution in [0.4, 0.5) is 0 Å². The van der Waals surface area contributed by atoms with Gasteiger partial charge >= 0.3 is 0 Å². The molecular weight excluding hydrogens is 400 g/mol. The first kappa shape index (κ1) is 25.1. The molecule has 0 saturated heterocycles. The van der Waals surface area contributed by atoms with Crippen LogP contribution in [0.2, 0.25) is 36.3 Å². The van der Waals surface area contributed by atoms with Crippen LogP contribution in [-0.4, -0.2) is 16.6 Å². The normalized spacial score (nSPS) is 15.7. The van der Waals surface area contributed by atoms with E-state index >= 15 is 0 Å². The molecular formula is C26H42O2Si2. The van der Waals surface area contributed by atoms with Crippen LogP contribution in [0.15, 0.2) is 60.7 Å². The quantitative estimate of drug-likeness (QED) is 0.400. The third-order valence-corrected chi connectivity index (χ3v) is 15.9. The topological polar surface area (TPSA) is 18.5 Å². The summed E-state index contributed by atoms with van der Waals surface area (Å²) in [5, 5.41) is 0.247. The number of hydrogen-bond donors (Lipinski definition) is 0. The first-order chi connectivity index (χ1) is 13.7. The zero-order valence-corrected chi connectivity index (χ0v) is 22.7. The van der Waals surface area contributed by atoms with Gasteiger partial charge in [0.2, 0.25) is 0 Å². The molecule has 4 heteroatoms. The second-order valence-electron chi connectivity index (χ2n) is 11.4. The van der Waals surface area contributed by atoms with Crippen molar-refractivity contribution < 1.29 is 8.85 Å². The van der Waals surface area contributed by atoms with Crippen LogP contribution in [0.5, 0.6) is 0 Å². The summed E-state index contributed by atoms with van der Waals surface area (Å²) >= 11 is 0. The average molecular weight is 443 g/mol. The fraction of sp³-hybridized carbons (Fsp3) is 0.538. The summed E-state index contributed by atoms with van der Waals surface area (Å²) in [5.41, 5.74) is 2.38. The van der Waals surface area contributed by atoms with Gasteiger partial charge in [-0.2, -0.15) is 0 Å². The van der Waals surface area contributed by atoms with Gasteiger partial charge in [-0.05, 0) is 47.4 Å². The molecule has 0 aliphatic carbocycles. The maximum absolute atomic E-state index is 7.10. The van der Waals surface area contributed by atoms with E-state index in [9.17, 15) is 0 Å². The Morgan fingerprint density at radius 3 is 1.03 bits per heavy atom. The second kappa shape index (κ2) is 9.11. The van der Waals surface area contributed by atoms with E-state index in [1.54, 1.807) is 0 Å². The van der Waals surface area contributed by atoms with Gasteiger partial charge in [0.25, 0.3) is 0 Å². The van der Waals surface area contributed by atoms with E-state index in [0.717, 1.165) is 0 Å². The van der Waals surface area contributed by atoms with E-state index in [1.807, 2.05) is 0 Å². The lowest BCUT2D eigenvalue weighted by atomic mass is 9.98. The molecule has 0 unspecified atom stereocenters. The summed E-state index contributed by atoms with van der Waals surface area (Å²) in [6.45, 7) is 23.1. The van der Waals surface area contributed by atoms with Crippen LogP contribution in [-0.2, 0) is 8.85 Å². The molecule has 2 rings (SSSR count). The summed E-state index contributed by atoms with van der Waals surface area (Å²) in [4.78, 5) is 0. The molecule has 2 aromatic carbocycles. The van der Waals surface area contributed by atoms with Gasteiger partial charge in [-0.1, -0.05) is 102 Å². The third-order valence-electron chi connectivity index (χ3n) is 6.99. The largest absolute Gasteiger partial charge is 0.407 e. The van der Waals surface area contributed by atoms with Gasteiger partial charge in [0, 0.05) is 0 Å². The van der Waals surface area contributed by atoms with Gasteiger partial charge in [0.05, 0.1) is 12.2 Å². The summed E-state index contributed by atoms with van der Waals surface area (Å²) in [5.74, 6) is 0. The van der Waals surface area contributed by atoms with E-state index in [-0.39, 0.29) is 22.3 Å². The molecule has 0 saturated carbocycles. The number of benzene rings is 2. The zero-order valence-electron chi connectivity index (χ0n) is 20.7. The zero-order chi connectivity index (χ0) is 22.8. The highest BCUT2D eigenvalue weighted by molar-refractivity contribution is 6.74. The van der Waals surface area contributed by atoms with Gasteiger partial charge < -0.3 is 8.85 Å². The van der Waals surface area contributed by atoms with Crippen molar-refractivity contribution in [2.75, 3.05) is 0 Å². The highest BCUT2D eigenvalue weighted by Crippen LogP contribution is 2.47. The standard InChI is InChI=1S/C26H42O2Si2/c1-25(2,3)29(7,8)27-23(21-17-13-11-14-18-21)24(22-19-15-12-16-20-22)28-30(9,10)26(4,5)6/h11-20,23-24H,1-10H3/t23-,24-/m1/s1. The summed E-state index contributed by atoms with van der Waals surface area (Å²) in [6.07, 6.45) is -0.271. The first-order valence-corrected chi connectivity index (χ1v) is 16.9. The van der Waals surface area contributed by atoms with E-state index in [4.69, 9.17) is 8.85 Å². The minimum absolute atomic E-state index is 0.123. The predicted molar refractivity (Wildman–Crippen MR) is 135 cm³/mol. The highest BCUT2D eigenvalue weighted by Gasteiger charge is 2.45. The molecule has 0 bridgehead atoms. The van der Waals surface area contributed by atoms with Crippen molar-refractivity contribution in [1.29, 1.82) is 0 Å². The van der Waals surface area contributed by atoms with Crippen LogP contribution in [0.3, 0.4) is 0 Å². The van der Waals surface area contributed by atoms with Gasteiger partial charge in [-0.3, -0.25) is 0 Å². The van der Waals surface area contributed by atoms with Crippen LogP contribution in [0.25, 0.3) is 0 Å². The fourth-order valence-corrected chi connectivity index (χ4v) is 5.38. The van der Waals surface area contributed by atoms with Gasteiger partial charge in [-0.15, -0.1) is 0 Å². The van der Waals surface area contributed by atoms with Gasteiger partial charge in [-0.25, -0.2) is 0 Å². The maximum atomic E-state index is 7.10. The van der Waals surface area contributed by atoms with E-state index < -0.39 is 16.6 Å². The van der Waals surface area contributed by atoms with E-state index in [1.165, 1.54) is 11.1 Å². The SMILES string of the molecule is CC(C)(C)[Si](C)(C)O[C@H](c1ccccc1)[C@H](O[Si](C)(C)C(C)(C)C)c1ccccc1. The lowest BCUT2D eigenvalue weighted by molar-refractivity contribution is 0.0333. The summed E-state index contributed by atoms with van der Waals surface area (Å²) < 4.78 is 14.2. The van der Waals surface area contributed by atoms with E-state index in [2.05, 4.69) is 128 Å². The smallest absolute Gasteiger partial charge is 0.193 e. The molecule has 0 spiro atoms. The molecule has 0 N–H and O–H groups in total. The van der Waals surface area contributed by atoms with Gasteiger partial charge in [0.1, 0.15) is 0 Å². The molecule has 166 valence electrons. The molecule has 0 aromatic heterocycles. The molecule has 30 heavy (non-hydrogen) atoms. The molecule has 2 aromatic rings. The Morgan fingerprint density at radius 2 is 0.800 bits per heavy atom. The molecule has 0 radical (unpaired) electrons. The monoisotopic (exact) mass is 442 g/mol. The van der Waals surface area contributed by atoms with Crippen molar-refractivity contribution >= 4 is 16.6 Å². The van der Waals surface area contributed by atoms with Crippen LogP contribution >= 0.6 is 0 Å². The van der Waals surface area contributed by atoms with Crippen LogP contribution in [0.1, 0.15) is 64.9 Å². The number of rotatable bonds is 7. The Kier molecular flexibility index (Phi) is 7.61. The number of hydrogen-bond acceptors (Lipinski definition) is 2. The lowest BCUT2D eigenvalue weighted by Crippen LogP contribution is -2.46. The Morgan fingerprint density at radius 1 is 0.533 bits per heavy atom. The molecule has 0 aliphatic heterocycles. The third kappa shape index (κ3) is 5.94. The van der Waals surface area contributed by atoms with Crippen molar-refractivity contribution in [2.45, 2.75) is 90.0 Å². The summed E-state index contributed by atoms with van der Waals surface area (Å²) in [7, 11) is -4.06. The molecule has 2 nitrogen and oxygen atoms in total. The minimum atomic E-state index is -2.03. The second-order valence-corrected chi connectivity index (χ2v) is 20.9. The Bertz CT molecular complexity index is 718. The van der Waals surface area contributed by atoms with Crippen molar-refractivity contribution in [3.05, 3.63) is 71.8 Å². The van der Waals surface area contributed by atoms with Crippen molar-refractivity contribution in [2.24, 2.45) is 0 Å². The Labute approximate surface area is 187 Å². The molecule has 0 heterocycles. The molecule has 2 atom stereocenters. The first-order valence-electron chi connectivity index (χ1n) is 11.1. The molecule has 0 fully saturated rings. The highest BCUT2D eigenvalue weighted by atomic mass is 28.4. The van der Waals surface area contributed by atoms with Crippen LogP contribution < -0.4 is 0 Å². The van der Waals surface area contributed by atoms with Crippen LogP contribution in [0, 0.1) is 0 Å². The Balaban J connectivity index is 2.61. The lowest BCUT2D eigenvalue weighted by Gasteiger charge is -2.45. The minimum Gasteiger partial charge on any atom is -0.407 e. The Hall–Kier alpha value is -1.21. The maximum Gasteiger partial charge on any atom is 0.193 e. The fourth-order valence-electron chi connectivity index (χ4n) is 2.88. The summed E-state index contributed by atoms with van der Waals surface area (Å²) in [6, 6.07) is 21.3. The van der Waals surface area contributed by atoms with Crippen molar-refractivity contribution in [1.82, 2.24) is 0 Å². The van der Waals surface area contributed by atoms with E-state index in [0.29, 0.717) is 0 Å². The van der Waals surface area contributed by atoms with Crippen molar-refractivity contribution in [3.8, 4) is 0 Å². The molecule has 0 amide bonds. The molecule has 0 aliphatic rings.